The average molecular weight is 377 g/mol. The number of anilines is 1. The van der Waals surface area contributed by atoms with Crippen molar-refractivity contribution in [3.63, 3.8) is 0 Å². The highest BCUT2D eigenvalue weighted by Gasteiger charge is 2.10. The van der Waals surface area contributed by atoms with Gasteiger partial charge in [-0.1, -0.05) is 30.3 Å². The van der Waals surface area contributed by atoms with Gasteiger partial charge in [0.15, 0.2) is 0 Å². The van der Waals surface area contributed by atoms with E-state index in [1.807, 2.05) is 36.4 Å². The lowest BCUT2D eigenvalue weighted by Gasteiger charge is -2.21. The van der Waals surface area contributed by atoms with Crippen LogP contribution in [0, 0.1) is 0 Å². The third-order valence-electron chi connectivity index (χ3n) is 4.40. The van der Waals surface area contributed by atoms with Gasteiger partial charge in [0.25, 0.3) is 5.91 Å². The SMILES string of the molecule is CCN(CC)c1ccc(/C=N/NC(=O)c2cc(-c3ccccc3)n[nH]2)c(O)c1. The van der Waals surface area contributed by atoms with Crippen LogP contribution in [0.25, 0.3) is 11.3 Å². The summed E-state index contributed by atoms with van der Waals surface area (Å²) in [6, 6.07) is 16.6. The molecule has 1 heterocycles. The van der Waals surface area contributed by atoms with Gasteiger partial charge in [0.2, 0.25) is 0 Å². The summed E-state index contributed by atoms with van der Waals surface area (Å²) >= 11 is 0. The molecule has 144 valence electrons. The van der Waals surface area contributed by atoms with Crippen LogP contribution in [0.2, 0.25) is 0 Å². The number of phenolic OH excluding ortho intramolecular Hbond substituents is 1. The zero-order valence-corrected chi connectivity index (χ0v) is 15.9. The number of nitrogens with zero attached hydrogens (tertiary/aromatic N) is 3. The van der Waals surface area contributed by atoms with Crippen LogP contribution < -0.4 is 10.3 Å². The van der Waals surface area contributed by atoms with E-state index in [1.165, 1.54) is 6.21 Å². The second-order valence-electron chi connectivity index (χ2n) is 6.15. The quantitative estimate of drug-likeness (QED) is 0.435. The normalized spacial score (nSPS) is 10.9. The molecule has 0 radical (unpaired) electrons. The summed E-state index contributed by atoms with van der Waals surface area (Å²) in [5.74, 6) is -0.305. The van der Waals surface area contributed by atoms with E-state index >= 15 is 0 Å². The van der Waals surface area contributed by atoms with Gasteiger partial charge in [-0.25, -0.2) is 5.43 Å². The molecule has 0 aliphatic carbocycles. The Hall–Kier alpha value is -3.61. The summed E-state index contributed by atoms with van der Waals surface area (Å²) in [6.07, 6.45) is 1.41. The summed E-state index contributed by atoms with van der Waals surface area (Å²) in [5.41, 5.74) is 5.79. The second-order valence-corrected chi connectivity index (χ2v) is 6.15. The Kier molecular flexibility index (Phi) is 6.06. The number of amides is 1. The van der Waals surface area contributed by atoms with Gasteiger partial charge in [-0.15, -0.1) is 0 Å². The van der Waals surface area contributed by atoms with Crippen LogP contribution in [0.5, 0.6) is 5.75 Å². The molecule has 3 aromatic rings. The number of aromatic nitrogens is 2. The third kappa shape index (κ3) is 4.37. The molecule has 2 aromatic carbocycles. The van der Waals surface area contributed by atoms with Gasteiger partial charge in [-0.3, -0.25) is 9.89 Å². The minimum Gasteiger partial charge on any atom is -0.507 e. The molecule has 0 aliphatic rings. The Balaban J connectivity index is 1.65. The molecule has 1 aromatic heterocycles. The fourth-order valence-corrected chi connectivity index (χ4v) is 2.84. The van der Waals surface area contributed by atoms with Crippen molar-refractivity contribution in [2.24, 2.45) is 5.10 Å². The van der Waals surface area contributed by atoms with Gasteiger partial charge in [-0.05, 0) is 32.0 Å². The molecule has 0 atom stereocenters. The Morgan fingerprint density at radius 3 is 2.61 bits per heavy atom. The third-order valence-corrected chi connectivity index (χ3v) is 4.40. The minimum atomic E-state index is -0.412. The summed E-state index contributed by atoms with van der Waals surface area (Å²) in [7, 11) is 0. The van der Waals surface area contributed by atoms with Crippen molar-refractivity contribution >= 4 is 17.8 Å². The first-order valence-corrected chi connectivity index (χ1v) is 9.14. The Bertz CT molecular complexity index is 962. The summed E-state index contributed by atoms with van der Waals surface area (Å²) in [4.78, 5) is 14.4. The highest BCUT2D eigenvalue weighted by atomic mass is 16.3. The van der Waals surface area contributed by atoms with Crippen LogP contribution >= 0.6 is 0 Å². The van der Waals surface area contributed by atoms with E-state index in [-0.39, 0.29) is 5.75 Å². The van der Waals surface area contributed by atoms with Crippen molar-refractivity contribution in [2.45, 2.75) is 13.8 Å². The summed E-state index contributed by atoms with van der Waals surface area (Å²) in [5, 5.41) is 21.0. The van der Waals surface area contributed by atoms with Gasteiger partial charge in [0.05, 0.1) is 11.9 Å². The Labute approximate surface area is 163 Å². The summed E-state index contributed by atoms with van der Waals surface area (Å²) in [6.45, 7) is 5.83. The molecule has 0 unspecified atom stereocenters. The van der Waals surface area contributed by atoms with Gasteiger partial charge < -0.3 is 10.0 Å². The lowest BCUT2D eigenvalue weighted by Crippen LogP contribution is -2.21. The van der Waals surface area contributed by atoms with Gasteiger partial charge in [-0.2, -0.15) is 10.2 Å². The van der Waals surface area contributed by atoms with Crippen LogP contribution in [0.1, 0.15) is 29.9 Å². The van der Waals surface area contributed by atoms with Crippen LogP contribution in [-0.4, -0.2) is 40.5 Å². The number of phenols is 1. The van der Waals surface area contributed by atoms with Crippen molar-refractivity contribution in [1.29, 1.82) is 0 Å². The second kappa shape index (κ2) is 8.85. The molecule has 3 rings (SSSR count). The molecule has 0 saturated heterocycles. The highest BCUT2D eigenvalue weighted by molar-refractivity contribution is 5.94. The first-order chi connectivity index (χ1) is 13.6. The van der Waals surface area contributed by atoms with E-state index in [0.29, 0.717) is 17.0 Å². The van der Waals surface area contributed by atoms with Gasteiger partial charge >= 0.3 is 0 Å². The highest BCUT2D eigenvalue weighted by Crippen LogP contribution is 2.23. The smallest absolute Gasteiger partial charge is 0.289 e. The van der Waals surface area contributed by atoms with Crippen molar-refractivity contribution < 1.29 is 9.90 Å². The van der Waals surface area contributed by atoms with Crippen LogP contribution in [0.4, 0.5) is 5.69 Å². The maximum atomic E-state index is 12.2. The number of carbonyl (C=O) groups excluding carboxylic acids is 1. The molecule has 1 amide bonds. The lowest BCUT2D eigenvalue weighted by molar-refractivity contribution is 0.0950. The van der Waals surface area contributed by atoms with Crippen LogP contribution in [0.15, 0.2) is 59.7 Å². The molecule has 0 aliphatic heterocycles. The molecule has 7 nitrogen and oxygen atoms in total. The maximum Gasteiger partial charge on any atom is 0.289 e. The van der Waals surface area contributed by atoms with Crippen LogP contribution in [-0.2, 0) is 0 Å². The Morgan fingerprint density at radius 1 is 1.18 bits per heavy atom. The van der Waals surface area contributed by atoms with Crippen molar-refractivity contribution in [2.75, 3.05) is 18.0 Å². The molecule has 0 fully saturated rings. The first kappa shape index (κ1) is 19.2. The zero-order valence-electron chi connectivity index (χ0n) is 15.9. The van der Waals surface area contributed by atoms with Crippen LogP contribution in [0.3, 0.4) is 0 Å². The largest absolute Gasteiger partial charge is 0.507 e. The van der Waals surface area contributed by atoms with E-state index in [9.17, 15) is 9.90 Å². The summed E-state index contributed by atoms with van der Waals surface area (Å²) < 4.78 is 0. The van der Waals surface area contributed by atoms with Crippen molar-refractivity contribution in [1.82, 2.24) is 15.6 Å². The van der Waals surface area contributed by atoms with Gasteiger partial charge in [0.1, 0.15) is 11.4 Å². The van der Waals surface area contributed by atoms with E-state index in [1.54, 1.807) is 18.2 Å². The zero-order chi connectivity index (χ0) is 19.9. The molecule has 7 heteroatoms. The van der Waals surface area contributed by atoms with E-state index in [4.69, 9.17) is 0 Å². The molecule has 0 spiro atoms. The number of aromatic amines is 1. The predicted octanol–water partition coefficient (Wildman–Crippen LogP) is 3.39. The number of nitrogens with one attached hydrogen (secondary N) is 2. The number of H-pyrrole nitrogens is 1. The van der Waals surface area contributed by atoms with Gasteiger partial charge in [0, 0.05) is 36.0 Å². The molecular weight excluding hydrogens is 354 g/mol. The fraction of sp³-hybridized carbons (Fsp3) is 0.190. The number of hydrogen-bond donors (Lipinski definition) is 3. The lowest BCUT2D eigenvalue weighted by atomic mass is 10.1. The van der Waals surface area contributed by atoms with Crippen molar-refractivity contribution in [3.8, 4) is 17.0 Å². The van der Waals surface area contributed by atoms with E-state index in [0.717, 1.165) is 24.3 Å². The molecule has 3 N–H and O–H groups in total. The number of aromatic hydroxyl groups is 1. The average Bonchev–Trinajstić information content (AvgIpc) is 3.21. The first-order valence-electron chi connectivity index (χ1n) is 9.14. The minimum absolute atomic E-state index is 0.107. The maximum absolute atomic E-state index is 12.2. The van der Waals surface area contributed by atoms with E-state index in [2.05, 4.69) is 39.5 Å². The number of hydrogen-bond acceptors (Lipinski definition) is 5. The predicted molar refractivity (Wildman–Crippen MR) is 111 cm³/mol. The topological polar surface area (TPSA) is 93.6 Å². The number of carbonyl (C=O) groups is 1. The number of rotatable bonds is 7. The molecule has 28 heavy (non-hydrogen) atoms. The number of hydrazone groups is 1. The number of benzene rings is 2. The molecule has 0 bridgehead atoms. The monoisotopic (exact) mass is 377 g/mol. The molecule has 0 saturated carbocycles. The Morgan fingerprint density at radius 2 is 1.93 bits per heavy atom. The van der Waals surface area contributed by atoms with E-state index < -0.39 is 5.91 Å². The van der Waals surface area contributed by atoms with Crippen molar-refractivity contribution in [3.05, 3.63) is 65.9 Å². The fourth-order valence-electron chi connectivity index (χ4n) is 2.84. The standard InChI is InChI=1S/C21H23N5O2/c1-3-26(4-2)17-11-10-16(20(27)12-17)14-22-25-21(28)19-13-18(23-24-19)15-8-6-5-7-9-15/h5-14,27H,3-4H2,1-2H3,(H,23,24)(H,25,28)/b22-14+. The molecular formula is C21H23N5O2.